The van der Waals surface area contributed by atoms with Gasteiger partial charge in [0.25, 0.3) is 5.91 Å². The molecule has 1 N–H and O–H groups in total. The number of fused-ring (bicyclic) bond motifs is 1. The van der Waals surface area contributed by atoms with Crippen molar-refractivity contribution in [3.05, 3.63) is 51.1 Å². The molecule has 1 amide bonds. The van der Waals surface area contributed by atoms with Gasteiger partial charge < -0.3 is 14.8 Å². The minimum Gasteiger partial charge on any atom is -0.480 e. The van der Waals surface area contributed by atoms with Gasteiger partial charge in [-0.05, 0) is 48.9 Å². The van der Waals surface area contributed by atoms with Crippen LogP contribution in [0.5, 0.6) is 5.88 Å². The minimum absolute atomic E-state index is 0.0265. The number of thiophene rings is 1. The Morgan fingerprint density at radius 2 is 2.00 bits per heavy atom. The van der Waals surface area contributed by atoms with Crippen molar-refractivity contribution in [2.24, 2.45) is 5.92 Å². The normalized spacial score (nSPS) is 14.8. The summed E-state index contributed by atoms with van der Waals surface area (Å²) in [7, 11) is 3.16. The standard InChI is InChI=1S/C21H22ClN3O3S/c1-11-16-20(28-3)23-15(10-27-2)24-21(16)29-18(11)19(26)25-17(12-4-5-12)13-6-8-14(22)9-7-13/h6-9,12,17H,4-5,10H2,1-3H3,(H,25,26). The quantitative estimate of drug-likeness (QED) is 0.587. The lowest BCUT2D eigenvalue weighted by atomic mass is 10.0. The van der Waals surface area contributed by atoms with Gasteiger partial charge in [0, 0.05) is 12.1 Å². The van der Waals surface area contributed by atoms with E-state index in [1.807, 2.05) is 31.2 Å². The second-order valence-corrected chi connectivity index (χ2v) is 8.59. The molecule has 1 fully saturated rings. The molecule has 1 saturated carbocycles. The van der Waals surface area contributed by atoms with E-state index in [2.05, 4.69) is 15.3 Å². The molecule has 1 aliphatic carbocycles. The zero-order valence-electron chi connectivity index (χ0n) is 16.5. The molecule has 152 valence electrons. The van der Waals surface area contributed by atoms with Crippen LogP contribution in [0.3, 0.4) is 0 Å². The molecule has 1 atom stereocenters. The van der Waals surface area contributed by atoms with Crippen LogP contribution in [0.25, 0.3) is 10.2 Å². The fourth-order valence-electron chi connectivity index (χ4n) is 3.48. The van der Waals surface area contributed by atoms with E-state index in [0.29, 0.717) is 27.5 Å². The number of nitrogens with one attached hydrogen (secondary N) is 1. The van der Waals surface area contributed by atoms with Crippen LogP contribution in [0.4, 0.5) is 0 Å². The van der Waals surface area contributed by atoms with E-state index >= 15 is 0 Å². The average Bonchev–Trinajstić information content (AvgIpc) is 3.50. The van der Waals surface area contributed by atoms with E-state index in [1.54, 1.807) is 14.2 Å². The number of halogens is 1. The zero-order chi connectivity index (χ0) is 20.5. The Hall–Kier alpha value is -2.22. The summed E-state index contributed by atoms with van der Waals surface area (Å²) < 4.78 is 10.6. The molecule has 1 unspecified atom stereocenters. The van der Waals surface area contributed by atoms with Gasteiger partial charge in [-0.2, -0.15) is 4.98 Å². The van der Waals surface area contributed by atoms with Crippen LogP contribution in [-0.4, -0.2) is 30.1 Å². The second-order valence-electron chi connectivity index (χ2n) is 7.16. The first kappa shape index (κ1) is 20.1. The Labute approximate surface area is 178 Å². The van der Waals surface area contributed by atoms with Gasteiger partial charge >= 0.3 is 0 Å². The number of ether oxygens (including phenoxy) is 2. The van der Waals surface area contributed by atoms with Gasteiger partial charge in [-0.15, -0.1) is 11.3 Å². The van der Waals surface area contributed by atoms with Crippen molar-refractivity contribution in [2.75, 3.05) is 14.2 Å². The fourth-order valence-corrected chi connectivity index (χ4v) is 4.70. The number of nitrogens with zero attached hydrogens (tertiary/aromatic N) is 2. The maximum Gasteiger partial charge on any atom is 0.262 e. The summed E-state index contributed by atoms with van der Waals surface area (Å²) in [5, 5.41) is 4.69. The van der Waals surface area contributed by atoms with Crippen molar-refractivity contribution in [1.82, 2.24) is 15.3 Å². The van der Waals surface area contributed by atoms with Crippen molar-refractivity contribution in [3.63, 3.8) is 0 Å². The first-order chi connectivity index (χ1) is 14.0. The Kier molecular flexibility index (Phi) is 5.72. The average molecular weight is 432 g/mol. The van der Waals surface area contributed by atoms with E-state index in [9.17, 15) is 4.79 Å². The molecular weight excluding hydrogens is 410 g/mol. The molecule has 2 heterocycles. The van der Waals surface area contributed by atoms with Crippen molar-refractivity contribution in [3.8, 4) is 5.88 Å². The lowest BCUT2D eigenvalue weighted by molar-refractivity contribution is 0.0935. The third-order valence-corrected chi connectivity index (χ3v) is 6.52. The second kappa shape index (κ2) is 8.26. The summed E-state index contributed by atoms with van der Waals surface area (Å²) in [5.41, 5.74) is 1.90. The van der Waals surface area contributed by atoms with Crippen molar-refractivity contribution in [2.45, 2.75) is 32.4 Å². The molecule has 0 radical (unpaired) electrons. The van der Waals surface area contributed by atoms with Crippen LogP contribution >= 0.6 is 22.9 Å². The number of methoxy groups -OCH3 is 2. The highest BCUT2D eigenvalue weighted by Gasteiger charge is 2.34. The van der Waals surface area contributed by atoms with Crippen LogP contribution < -0.4 is 10.1 Å². The molecular formula is C21H22ClN3O3S. The van der Waals surface area contributed by atoms with Gasteiger partial charge in [0.2, 0.25) is 5.88 Å². The molecule has 1 aromatic carbocycles. The van der Waals surface area contributed by atoms with Crippen LogP contribution in [0.2, 0.25) is 5.02 Å². The first-order valence-electron chi connectivity index (χ1n) is 9.41. The van der Waals surface area contributed by atoms with Crippen molar-refractivity contribution < 1.29 is 14.3 Å². The number of carbonyl (C=O) groups is 1. The van der Waals surface area contributed by atoms with E-state index < -0.39 is 0 Å². The van der Waals surface area contributed by atoms with E-state index in [1.165, 1.54) is 11.3 Å². The molecule has 2 aromatic heterocycles. The highest BCUT2D eigenvalue weighted by Crippen LogP contribution is 2.42. The maximum atomic E-state index is 13.2. The third kappa shape index (κ3) is 4.08. The smallest absolute Gasteiger partial charge is 0.262 e. The number of carbonyl (C=O) groups excluding carboxylic acids is 1. The number of aryl methyl sites for hydroxylation is 1. The Balaban J connectivity index is 1.67. The summed E-state index contributed by atoms with van der Waals surface area (Å²) in [6.45, 7) is 2.19. The number of rotatable bonds is 7. The molecule has 0 saturated heterocycles. The predicted molar refractivity (Wildman–Crippen MR) is 114 cm³/mol. The van der Waals surface area contributed by atoms with Crippen LogP contribution in [-0.2, 0) is 11.3 Å². The summed E-state index contributed by atoms with van der Waals surface area (Å²) in [5.74, 6) is 1.35. The number of benzene rings is 1. The van der Waals surface area contributed by atoms with Gasteiger partial charge in [0.15, 0.2) is 5.82 Å². The Bertz CT molecular complexity index is 1050. The monoisotopic (exact) mass is 431 g/mol. The Morgan fingerprint density at radius 1 is 1.28 bits per heavy atom. The van der Waals surface area contributed by atoms with Gasteiger partial charge in [0.1, 0.15) is 11.4 Å². The first-order valence-corrected chi connectivity index (χ1v) is 10.6. The Morgan fingerprint density at radius 3 is 2.62 bits per heavy atom. The highest BCUT2D eigenvalue weighted by atomic mass is 35.5. The molecule has 6 nitrogen and oxygen atoms in total. The topological polar surface area (TPSA) is 73.3 Å². The van der Waals surface area contributed by atoms with Gasteiger partial charge in [-0.3, -0.25) is 4.79 Å². The number of aromatic nitrogens is 2. The van der Waals surface area contributed by atoms with Crippen LogP contribution in [0.15, 0.2) is 24.3 Å². The van der Waals surface area contributed by atoms with E-state index in [0.717, 1.165) is 34.2 Å². The van der Waals surface area contributed by atoms with Crippen LogP contribution in [0, 0.1) is 12.8 Å². The lowest BCUT2D eigenvalue weighted by Gasteiger charge is -2.18. The number of hydrogen-bond acceptors (Lipinski definition) is 6. The molecule has 1 aliphatic rings. The number of hydrogen-bond donors (Lipinski definition) is 1. The van der Waals surface area contributed by atoms with Crippen molar-refractivity contribution >= 4 is 39.1 Å². The molecule has 4 rings (SSSR count). The predicted octanol–water partition coefficient (Wildman–Crippen LogP) is 4.69. The highest BCUT2D eigenvalue weighted by molar-refractivity contribution is 7.20. The SMILES string of the molecule is COCc1nc(OC)c2c(C)c(C(=O)NC(c3ccc(Cl)cc3)C3CC3)sc2n1. The molecule has 0 bridgehead atoms. The maximum absolute atomic E-state index is 13.2. The molecule has 3 aromatic rings. The molecule has 8 heteroatoms. The summed E-state index contributed by atoms with van der Waals surface area (Å²) >= 11 is 7.38. The zero-order valence-corrected chi connectivity index (χ0v) is 18.1. The van der Waals surface area contributed by atoms with Crippen molar-refractivity contribution in [1.29, 1.82) is 0 Å². The largest absolute Gasteiger partial charge is 0.480 e. The van der Waals surface area contributed by atoms with Gasteiger partial charge in [0.05, 0.1) is 23.4 Å². The number of amides is 1. The molecule has 0 spiro atoms. The molecule has 29 heavy (non-hydrogen) atoms. The minimum atomic E-state index is -0.104. The van der Waals surface area contributed by atoms with E-state index in [-0.39, 0.29) is 18.6 Å². The molecule has 0 aliphatic heterocycles. The lowest BCUT2D eigenvalue weighted by Crippen LogP contribution is -2.29. The summed E-state index contributed by atoms with van der Waals surface area (Å²) in [4.78, 5) is 23.5. The van der Waals surface area contributed by atoms with E-state index in [4.69, 9.17) is 21.1 Å². The van der Waals surface area contributed by atoms with Gasteiger partial charge in [-0.1, -0.05) is 23.7 Å². The fraction of sp³-hybridized carbons (Fsp3) is 0.381. The van der Waals surface area contributed by atoms with Crippen LogP contribution in [0.1, 0.15) is 45.5 Å². The summed E-state index contributed by atoms with van der Waals surface area (Å²) in [6, 6.07) is 7.66. The third-order valence-electron chi connectivity index (χ3n) is 5.09. The van der Waals surface area contributed by atoms with Gasteiger partial charge in [-0.25, -0.2) is 4.98 Å². The summed E-state index contributed by atoms with van der Waals surface area (Å²) in [6.07, 6.45) is 2.22.